The maximum atomic E-state index is 3.60. The average Bonchev–Trinajstić information content (AvgIpc) is 2.38. The van der Waals surface area contributed by atoms with E-state index in [4.69, 9.17) is 0 Å². The van der Waals surface area contributed by atoms with E-state index in [0.29, 0.717) is 6.04 Å². The Hall–Kier alpha value is -0.420. The summed E-state index contributed by atoms with van der Waals surface area (Å²) in [6.45, 7) is 5.67. The van der Waals surface area contributed by atoms with Crippen LogP contribution in [0.2, 0.25) is 0 Å². The monoisotopic (exact) mass is 325 g/mol. The summed E-state index contributed by atoms with van der Waals surface area (Å²) in [5.74, 6) is 0. The van der Waals surface area contributed by atoms with E-state index in [2.05, 4.69) is 69.4 Å². The summed E-state index contributed by atoms with van der Waals surface area (Å²) in [6, 6.07) is 9.24. The Bertz CT molecular complexity index is 379. The first kappa shape index (κ1) is 15.0. The van der Waals surface area contributed by atoms with Gasteiger partial charge in [0.25, 0.3) is 0 Å². The molecule has 106 valence electrons. The fraction of sp³-hybridized carbons (Fsp3) is 0.600. The van der Waals surface area contributed by atoms with Crippen LogP contribution in [0, 0.1) is 0 Å². The second-order valence-electron chi connectivity index (χ2n) is 5.55. The lowest BCUT2D eigenvalue weighted by Crippen LogP contribution is -2.53. The molecule has 0 amide bonds. The van der Waals surface area contributed by atoms with Gasteiger partial charge in [0.15, 0.2) is 0 Å². The Balaban J connectivity index is 1.72. The lowest BCUT2D eigenvalue weighted by molar-refractivity contribution is 0.196. The number of rotatable bonds is 5. The number of likely N-dealkylation sites (N-methyl/N-ethyl adjacent to an activating group) is 2. The molecule has 0 spiro atoms. The van der Waals surface area contributed by atoms with E-state index in [-0.39, 0.29) is 0 Å². The summed E-state index contributed by atoms with van der Waals surface area (Å²) in [6.07, 6.45) is 1.12. The second-order valence-corrected chi connectivity index (χ2v) is 6.47. The molecule has 0 saturated carbocycles. The van der Waals surface area contributed by atoms with Crippen molar-refractivity contribution >= 4 is 15.9 Å². The molecule has 1 heterocycles. The molecule has 4 heteroatoms. The Kier molecular flexibility index (Phi) is 5.82. The molecule has 0 aliphatic carbocycles. The normalized spacial score (nSPS) is 20.9. The second kappa shape index (κ2) is 7.39. The quantitative estimate of drug-likeness (QED) is 0.891. The highest BCUT2D eigenvalue weighted by Gasteiger charge is 2.17. The summed E-state index contributed by atoms with van der Waals surface area (Å²) >= 11 is 3.47. The molecule has 3 nitrogen and oxygen atoms in total. The molecule has 1 aliphatic heterocycles. The van der Waals surface area contributed by atoms with Gasteiger partial charge in [0.1, 0.15) is 0 Å². The van der Waals surface area contributed by atoms with Gasteiger partial charge in [0.2, 0.25) is 0 Å². The Morgan fingerprint density at radius 1 is 1.37 bits per heavy atom. The van der Waals surface area contributed by atoms with Gasteiger partial charge in [-0.05, 0) is 38.2 Å². The van der Waals surface area contributed by atoms with Crippen LogP contribution >= 0.6 is 15.9 Å². The SMILES string of the molecule is CN1CCNC(CN(C)CCc2ccc(Br)cc2)C1. The standard InChI is InChI=1S/C15H24BrN3/c1-18(11-15-12-19(2)10-8-17-15)9-7-13-3-5-14(16)6-4-13/h3-6,15,17H,7-12H2,1-2H3. The molecule has 1 aromatic rings. The molecule has 0 bridgehead atoms. The maximum absolute atomic E-state index is 3.60. The van der Waals surface area contributed by atoms with Crippen molar-refractivity contribution in [2.75, 3.05) is 46.8 Å². The Labute approximate surface area is 125 Å². The molecule has 19 heavy (non-hydrogen) atoms. The summed E-state index contributed by atoms with van der Waals surface area (Å²) < 4.78 is 1.15. The molecular weight excluding hydrogens is 302 g/mol. The first-order valence-corrected chi connectivity index (χ1v) is 7.77. The first-order valence-electron chi connectivity index (χ1n) is 6.98. The number of hydrogen-bond acceptors (Lipinski definition) is 3. The smallest absolute Gasteiger partial charge is 0.0322 e. The minimum atomic E-state index is 0.605. The van der Waals surface area contributed by atoms with E-state index in [1.54, 1.807) is 0 Å². The zero-order valence-electron chi connectivity index (χ0n) is 11.9. The van der Waals surface area contributed by atoms with Gasteiger partial charge in [-0.3, -0.25) is 0 Å². The fourth-order valence-corrected chi connectivity index (χ4v) is 2.82. The van der Waals surface area contributed by atoms with Crippen molar-refractivity contribution in [1.82, 2.24) is 15.1 Å². The molecule has 1 unspecified atom stereocenters. The largest absolute Gasteiger partial charge is 0.310 e. The van der Waals surface area contributed by atoms with Crippen LogP contribution in [0.25, 0.3) is 0 Å². The number of benzene rings is 1. The zero-order chi connectivity index (χ0) is 13.7. The molecule has 1 fully saturated rings. The van der Waals surface area contributed by atoms with Crippen LogP contribution in [0.1, 0.15) is 5.56 Å². The number of hydrogen-bond donors (Lipinski definition) is 1. The molecule has 0 radical (unpaired) electrons. The van der Waals surface area contributed by atoms with E-state index < -0.39 is 0 Å². The Morgan fingerprint density at radius 2 is 2.11 bits per heavy atom. The summed E-state index contributed by atoms with van der Waals surface area (Å²) in [5, 5.41) is 3.60. The molecule has 1 aromatic carbocycles. The van der Waals surface area contributed by atoms with Crippen LogP contribution in [0.15, 0.2) is 28.7 Å². The highest BCUT2D eigenvalue weighted by Crippen LogP contribution is 2.11. The fourth-order valence-electron chi connectivity index (χ4n) is 2.55. The van der Waals surface area contributed by atoms with E-state index >= 15 is 0 Å². The topological polar surface area (TPSA) is 18.5 Å². The molecule has 1 atom stereocenters. The minimum Gasteiger partial charge on any atom is -0.310 e. The lowest BCUT2D eigenvalue weighted by atomic mass is 10.1. The van der Waals surface area contributed by atoms with E-state index in [1.165, 1.54) is 12.1 Å². The van der Waals surface area contributed by atoms with Gasteiger partial charge in [0.05, 0.1) is 0 Å². The average molecular weight is 326 g/mol. The summed E-state index contributed by atoms with van der Waals surface area (Å²) in [7, 11) is 4.42. The minimum absolute atomic E-state index is 0.605. The highest BCUT2D eigenvalue weighted by atomic mass is 79.9. The molecular formula is C15H24BrN3. The molecule has 0 aromatic heterocycles. The van der Waals surface area contributed by atoms with Crippen LogP contribution in [0.3, 0.4) is 0 Å². The van der Waals surface area contributed by atoms with Crippen LogP contribution in [-0.2, 0) is 6.42 Å². The van der Waals surface area contributed by atoms with Gasteiger partial charge < -0.3 is 15.1 Å². The third-order valence-corrected chi connectivity index (χ3v) is 4.21. The number of piperazine rings is 1. The first-order chi connectivity index (χ1) is 9.13. The van der Waals surface area contributed by atoms with E-state index in [1.807, 2.05) is 0 Å². The predicted molar refractivity (Wildman–Crippen MR) is 84.6 cm³/mol. The van der Waals surface area contributed by atoms with Gasteiger partial charge in [-0.15, -0.1) is 0 Å². The molecule has 1 N–H and O–H groups in total. The molecule has 1 saturated heterocycles. The maximum Gasteiger partial charge on any atom is 0.0322 e. The third kappa shape index (κ3) is 5.22. The van der Waals surface area contributed by atoms with Crippen LogP contribution < -0.4 is 5.32 Å². The van der Waals surface area contributed by atoms with Crippen molar-refractivity contribution in [3.05, 3.63) is 34.3 Å². The summed E-state index contributed by atoms with van der Waals surface area (Å²) in [4.78, 5) is 4.84. The van der Waals surface area contributed by atoms with Gasteiger partial charge in [0, 0.05) is 43.2 Å². The van der Waals surface area contributed by atoms with E-state index in [0.717, 1.165) is 37.1 Å². The number of nitrogens with zero attached hydrogens (tertiary/aromatic N) is 2. The van der Waals surface area contributed by atoms with Crippen LogP contribution in [-0.4, -0.2) is 62.7 Å². The number of nitrogens with one attached hydrogen (secondary N) is 1. The molecule has 1 aliphatic rings. The highest BCUT2D eigenvalue weighted by molar-refractivity contribution is 9.10. The van der Waals surface area contributed by atoms with Crippen molar-refractivity contribution < 1.29 is 0 Å². The van der Waals surface area contributed by atoms with Crippen LogP contribution in [0.5, 0.6) is 0 Å². The van der Waals surface area contributed by atoms with Crippen molar-refractivity contribution in [2.45, 2.75) is 12.5 Å². The van der Waals surface area contributed by atoms with Crippen molar-refractivity contribution in [3.63, 3.8) is 0 Å². The zero-order valence-corrected chi connectivity index (χ0v) is 13.5. The van der Waals surface area contributed by atoms with Crippen molar-refractivity contribution in [3.8, 4) is 0 Å². The third-order valence-electron chi connectivity index (χ3n) is 3.69. The predicted octanol–water partition coefficient (Wildman–Crippen LogP) is 1.83. The summed E-state index contributed by atoms with van der Waals surface area (Å²) in [5.41, 5.74) is 1.41. The van der Waals surface area contributed by atoms with Gasteiger partial charge in [-0.25, -0.2) is 0 Å². The van der Waals surface area contributed by atoms with Crippen molar-refractivity contribution in [1.29, 1.82) is 0 Å². The Morgan fingerprint density at radius 3 is 2.79 bits per heavy atom. The lowest BCUT2D eigenvalue weighted by Gasteiger charge is -2.33. The van der Waals surface area contributed by atoms with E-state index in [9.17, 15) is 0 Å². The van der Waals surface area contributed by atoms with Gasteiger partial charge in [-0.2, -0.15) is 0 Å². The van der Waals surface area contributed by atoms with Gasteiger partial charge in [-0.1, -0.05) is 28.1 Å². The molecule has 2 rings (SSSR count). The van der Waals surface area contributed by atoms with Gasteiger partial charge >= 0.3 is 0 Å². The number of halogens is 1. The van der Waals surface area contributed by atoms with Crippen molar-refractivity contribution in [2.24, 2.45) is 0 Å². The van der Waals surface area contributed by atoms with Crippen LogP contribution in [0.4, 0.5) is 0 Å².